The van der Waals surface area contributed by atoms with E-state index in [2.05, 4.69) is 19.6 Å². The van der Waals surface area contributed by atoms with Gasteiger partial charge in [-0.25, -0.2) is 4.79 Å². The van der Waals surface area contributed by atoms with Crippen LogP contribution in [0.15, 0.2) is 77.3 Å². The summed E-state index contributed by atoms with van der Waals surface area (Å²) in [6.45, 7) is -0.157. The summed E-state index contributed by atoms with van der Waals surface area (Å²) in [5, 5.41) is 4.51. The topological polar surface area (TPSA) is 104 Å². The maximum absolute atomic E-state index is 13.5. The van der Waals surface area contributed by atoms with Gasteiger partial charge < -0.3 is 23.6 Å². The lowest BCUT2D eigenvalue weighted by Gasteiger charge is -2.24. The summed E-state index contributed by atoms with van der Waals surface area (Å²) in [5.74, 6) is -1.03. The molecule has 3 aromatic carbocycles. The second-order valence-electron chi connectivity index (χ2n) is 9.11. The van der Waals surface area contributed by atoms with Crippen molar-refractivity contribution in [2.45, 2.75) is 18.1 Å². The summed E-state index contributed by atoms with van der Waals surface area (Å²) < 4.78 is 47.1. The summed E-state index contributed by atoms with van der Waals surface area (Å²) in [6.07, 6.45) is -3.86. The molecular weight excluding hydrogens is 536 g/mol. The van der Waals surface area contributed by atoms with Crippen molar-refractivity contribution in [3.05, 3.63) is 89.3 Å². The van der Waals surface area contributed by atoms with E-state index in [9.17, 15) is 18.4 Å². The Morgan fingerprint density at radius 3 is 2.54 bits per heavy atom. The molecule has 39 heavy (non-hydrogen) atoms. The number of fused-ring (bicyclic) bond motifs is 1. The van der Waals surface area contributed by atoms with E-state index in [1.54, 1.807) is 54.6 Å². The highest BCUT2D eigenvalue weighted by Gasteiger charge is 2.50. The summed E-state index contributed by atoms with van der Waals surface area (Å²) in [5.41, 5.74) is 0.0721. The third-order valence-corrected chi connectivity index (χ3v) is 6.67. The van der Waals surface area contributed by atoms with Gasteiger partial charge in [-0.2, -0.15) is 4.98 Å². The molecule has 1 unspecified atom stereocenters. The number of carbonyl (C=O) groups is 2. The molecular formula is C27H18ClF2N3O6. The molecule has 12 heteroatoms. The molecule has 0 saturated carbocycles. The fourth-order valence-electron chi connectivity index (χ4n) is 4.50. The molecule has 2 aliphatic heterocycles. The number of hydrogen-bond donors (Lipinski definition) is 0. The number of hydrogen-bond acceptors (Lipinski definition) is 8. The lowest BCUT2D eigenvalue weighted by atomic mass is 9.87. The Kier molecular flexibility index (Phi) is 5.95. The monoisotopic (exact) mass is 553 g/mol. The number of alkyl halides is 2. The third-order valence-electron chi connectivity index (χ3n) is 6.42. The maximum atomic E-state index is 13.5. The molecule has 0 bridgehead atoms. The molecule has 1 fully saturated rings. The molecule has 0 N–H and O–H groups in total. The largest absolute Gasteiger partial charge is 0.586 e. The first-order valence-corrected chi connectivity index (χ1v) is 12.1. The summed E-state index contributed by atoms with van der Waals surface area (Å²) in [6, 6.07) is 19.2. The van der Waals surface area contributed by atoms with Gasteiger partial charge in [0.2, 0.25) is 17.6 Å². The quantitative estimate of drug-likeness (QED) is 0.299. The van der Waals surface area contributed by atoms with Crippen molar-refractivity contribution in [1.82, 2.24) is 10.1 Å². The number of amides is 1. The Bertz CT molecular complexity index is 1560. The number of ether oxygens (including phenoxy) is 3. The highest BCUT2D eigenvalue weighted by Crippen LogP contribution is 2.43. The van der Waals surface area contributed by atoms with Crippen LogP contribution < -0.4 is 14.4 Å². The molecule has 198 valence electrons. The number of anilines is 1. The van der Waals surface area contributed by atoms with Crippen molar-refractivity contribution >= 4 is 29.2 Å². The van der Waals surface area contributed by atoms with E-state index in [-0.39, 0.29) is 48.7 Å². The van der Waals surface area contributed by atoms with Gasteiger partial charge in [0.1, 0.15) is 12.0 Å². The van der Waals surface area contributed by atoms with Gasteiger partial charge in [-0.1, -0.05) is 35.0 Å². The van der Waals surface area contributed by atoms with Crippen LogP contribution in [0.5, 0.6) is 11.5 Å². The normalized spacial score (nSPS) is 19.4. The zero-order chi connectivity index (χ0) is 27.2. The fraction of sp³-hybridized carbons (Fsp3) is 0.185. The molecule has 0 radical (unpaired) electrons. The van der Waals surface area contributed by atoms with Crippen LogP contribution in [0.4, 0.5) is 14.5 Å². The number of esters is 1. The molecule has 1 saturated heterocycles. The lowest BCUT2D eigenvalue weighted by Crippen LogP contribution is -2.37. The predicted octanol–water partition coefficient (Wildman–Crippen LogP) is 5.24. The van der Waals surface area contributed by atoms with E-state index in [4.69, 9.17) is 20.9 Å². The molecule has 0 spiro atoms. The minimum Gasteiger partial charge on any atom is -0.461 e. The molecule has 1 amide bonds. The van der Waals surface area contributed by atoms with Crippen molar-refractivity contribution in [3.63, 3.8) is 0 Å². The minimum atomic E-state index is -3.77. The number of carbonyl (C=O) groups excluding carboxylic acids is 2. The second-order valence-corrected chi connectivity index (χ2v) is 9.54. The first-order valence-electron chi connectivity index (χ1n) is 11.7. The van der Waals surface area contributed by atoms with Crippen LogP contribution in [0.1, 0.15) is 22.7 Å². The predicted molar refractivity (Wildman–Crippen MR) is 133 cm³/mol. The number of aromatic nitrogens is 2. The Hall–Kier alpha value is -4.51. The molecule has 4 aromatic rings. The van der Waals surface area contributed by atoms with E-state index in [0.29, 0.717) is 21.8 Å². The number of nitrogens with zero attached hydrogens (tertiary/aromatic N) is 3. The standard InChI is InChI=1S/C27H18ClF2N3O6/c28-18-7-9-19(10-8-18)33-14-26(13-22(33)34,15-36-24(35)16-4-2-1-3-5-16)25-31-23(32-39-25)17-6-11-20-21(12-17)38-27(29,30)37-20/h1-12H,13-15H2. The van der Waals surface area contributed by atoms with Crippen molar-refractivity contribution in [2.75, 3.05) is 18.1 Å². The van der Waals surface area contributed by atoms with Crippen molar-refractivity contribution in [1.29, 1.82) is 0 Å². The van der Waals surface area contributed by atoms with Crippen LogP contribution in [0.3, 0.4) is 0 Å². The van der Waals surface area contributed by atoms with Gasteiger partial charge in [0.25, 0.3) is 0 Å². The molecule has 1 aromatic heterocycles. The van der Waals surface area contributed by atoms with Gasteiger partial charge in [0, 0.05) is 29.2 Å². The highest BCUT2D eigenvalue weighted by atomic mass is 35.5. The number of halogens is 3. The highest BCUT2D eigenvalue weighted by molar-refractivity contribution is 6.30. The molecule has 0 aliphatic carbocycles. The average molecular weight is 554 g/mol. The van der Waals surface area contributed by atoms with Crippen molar-refractivity contribution in [2.24, 2.45) is 0 Å². The lowest BCUT2D eigenvalue weighted by molar-refractivity contribution is -0.286. The van der Waals surface area contributed by atoms with Gasteiger partial charge >= 0.3 is 12.3 Å². The Morgan fingerprint density at radius 1 is 1.03 bits per heavy atom. The summed E-state index contributed by atoms with van der Waals surface area (Å²) in [4.78, 5) is 31.9. The van der Waals surface area contributed by atoms with Crippen LogP contribution in [-0.2, 0) is 14.9 Å². The summed E-state index contributed by atoms with van der Waals surface area (Å²) in [7, 11) is 0. The van der Waals surface area contributed by atoms with E-state index < -0.39 is 17.7 Å². The van der Waals surface area contributed by atoms with Gasteiger partial charge in [-0.15, -0.1) is 8.78 Å². The fourth-order valence-corrected chi connectivity index (χ4v) is 4.62. The van der Waals surface area contributed by atoms with Crippen LogP contribution in [-0.4, -0.2) is 41.5 Å². The Labute approximate surface area is 224 Å². The zero-order valence-corrected chi connectivity index (χ0v) is 20.7. The van der Waals surface area contributed by atoms with Crippen LogP contribution in [0.2, 0.25) is 5.02 Å². The van der Waals surface area contributed by atoms with Gasteiger partial charge in [0.05, 0.1) is 5.56 Å². The van der Waals surface area contributed by atoms with Gasteiger partial charge in [-0.3, -0.25) is 4.79 Å². The first-order chi connectivity index (χ1) is 18.7. The molecule has 6 rings (SSSR count). The van der Waals surface area contributed by atoms with E-state index in [1.807, 2.05) is 0 Å². The number of rotatable bonds is 6. The Balaban J connectivity index is 1.32. The molecule has 2 aliphatic rings. The molecule has 1 atom stereocenters. The molecule has 3 heterocycles. The van der Waals surface area contributed by atoms with Crippen LogP contribution in [0, 0.1) is 0 Å². The zero-order valence-electron chi connectivity index (χ0n) is 20.0. The van der Waals surface area contributed by atoms with E-state index in [0.717, 1.165) is 0 Å². The third kappa shape index (κ3) is 4.76. The van der Waals surface area contributed by atoms with Gasteiger partial charge in [-0.05, 0) is 54.6 Å². The maximum Gasteiger partial charge on any atom is 0.586 e. The Morgan fingerprint density at radius 2 is 1.77 bits per heavy atom. The van der Waals surface area contributed by atoms with E-state index in [1.165, 1.54) is 23.1 Å². The SMILES string of the molecule is O=C(OCC1(c2nc(-c3ccc4c(c3)OC(F)(F)O4)no2)CC(=O)N(c2ccc(Cl)cc2)C1)c1ccccc1. The average Bonchev–Trinajstić information content (AvgIpc) is 3.63. The summed E-state index contributed by atoms with van der Waals surface area (Å²) >= 11 is 6.01. The van der Waals surface area contributed by atoms with Crippen LogP contribution >= 0.6 is 11.6 Å². The van der Waals surface area contributed by atoms with Crippen molar-refractivity contribution < 1.29 is 37.1 Å². The minimum absolute atomic E-state index is 0.0474. The van der Waals surface area contributed by atoms with Gasteiger partial charge in [0.15, 0.2) is 11.5 Å². The van der Waals surface area contributed by atoms with E-state index >= 15 is 0 Å². The van der Waals surface area contributed by atoms with Crippen LogP contribution in [0.25, 0.3) is 11.4 Å². The smallest absolute Gasteiger partial charge is 0.461 e. The molecule has 9 nitrogen and oxygen atoms in total. The first kappa shape index (κ1) is 24.8. The number of benzene rings is 3. The second kappa shape index (κ2) is 9.35. The van der Waals surface area contributed by atoms with Crippen molar-refractivity contribution in [3.8, 4) is 22.9 Å².